The number of aliphatic hydroxyl groups excluding tert-OH is 1. The van der Waals surface area contributed by atoms with Gasteiger partial charge in [-0.05, 0) is 6.42 Å². The molecule has 3 heteroatoms. The SMILES string of the molecule is C=C/C=C/CNC[C@H](CCC)NCO. The van der Waals surface area contributed by atoms with E-state index in [1.54, 1.807) is 6.08 Å². The Bertz CT molecular complexity index is 151. The second-order valence-corrected chi connectivity index (χ2v) is 3.17. The van der Waals surface area contributed by atoms with Gasteiger partial charge in [0.2, 0.25) is 0 Å². The highest BCUT2D eigenvalue weighted by Gasteiger charge is 2.03. The smallest absolute Gasteiger partial charge is 0.0934 e. The molecule has 0 heterocycles. The Labute approximate surface area is 86.9 Å². The fourth-order valence-electron chi connectivity index (χ4n) is 1.26. The monoisotopic (exact) mass is 198 g/mol. The van der Waals surface area contributed by atoms with Gasteiger partial charge in [0, 0.05) is 19.1 Å². The molecule has 82 valence electrons. The molecule has 0 aromatic heterocycles. The minimum Gasteiger partial charge on any atom is -0.381 e. The van der Waals surface area contributed by atoms with Crippen LogP contribution in [-0.2, 0) is 0 Å². The number of hydrogen-bond acceptors (Lipinski definition) is 3. The average molecular weight is 198 g/mol. The van der Waals surface area contributed by atoms with Crippen LogP contribution < -0.4 is 10.6 Å². The van der Waals surface area contributed by atoms with Crippen molar-refractivity contribution in [2.24, 2.45) is 0 Å². The number of nitrogens with one attached hydrogen (secondary N) is 2. The van der Waals surface area contributed by atoms with Crippen molar-refractivity contribution in [3.05, 3.63) is 24.8 Å². The molecular weight excluding hydrogens is 176 g/mol. The van der Waals surface area contributed by atoms with E-state index in [1.165, 1.54) is 0 Å². The summed E-state index contributed by atoms with van der Waals surface area (Å²) < 4.78 is 0. The predicted molar refractivity (Wildman–Crippen MR) is 61.1 cm³/mol. The molecule has 0 bridgehead atoms. The van der Waals surface area contributed by atoms with Gasteiger partial charge in [-0.2, -0.15) is 0 Å². The molecule has 3 N–H and O–H groups in total. The zero-order valence-corrected chi connectivity index (χ0v) is 9.00. The van der Waals surface area contributed by atoms with Crippen molar-refractivity contribution in [2.75, 3.05) is 19.8 Å². The van der Waals surface area contributed by atoms with Crippen LogP contribution in [0.15, 0.2) is 24.8 Å². The molecule has 0 aliphatic carbocycles. The van der Waals surface area contributed by atoms with Gasteiger partial charge in [0.15, 0.2) is 0 Å². The summed E-state index contributed by atoms with van der Waals surface area (Å²) in [5.74, 6) is 0. The Balaban J connectivity index is 3.48. The number of allylic oxidation sites excluding steroid dienone is 2. The van der Waals surface area contributed by atoms with Crippen LogP contribution >= 0.6 is 0 Å². The lowest BCUT2D eigenvalue weighted by molar-refractivity contribution is 0.234. The molecule has 3 nitrogen and oxygen atoms in total. The van der Waals surface area contributed by atoms with Crippen molar-refractivity contribution in [1.29, 1.82) is 0 Å². The van der Waals surface area contributed by atoms with Crippen molar-refractivity contribution in [3.63, 3.8) is 0 Å². The maximum absolute atomic E-state index is 8.74. The largest absolute Gasteiger partial charge is 0.381 e. The van der Waals surface area contributed by atoms with E-state index in [-0.39, 0.29) is 6.73 Å². The summed E-state index contributed by atoms with van der Waals surface area (Å²) in [6.45, 7) is 7.52. The molecule has 0 aliphatic rings. The van der Waals surface area contributed by atoms with Crippen LogP contribution in [0.3, 0.4) is 0 Å². The van der Waals surface area contributed by atoms with Crippen LogP contribution in [0.25, 0.3) is 0 Å². The maximum atomic E-state index is 8.74. The van der Waals surface area contributed by atoms with Crippen LogP contribution in [0.4, 0.5) is 0 Å². The first-order chi connectivity index (χ1) is 6.85. The molecule has 0 unspecified atom stereocenters. The predicted octanol–water partition coefficient (Wildman–Crippen LogP) is 1.03. The topological polar surface area (TPSA) is 44.3 Å². The summed E-state index contributed by atoms with van der Waals surface area (Å²) in [6, 6.07) is 0.363. The molecule has 0 aromatic carbocycles. The summed E-state index contributed by atoms with van der Waals surface area (Å²) in [7, 11) is 0. The van der Waals surface area contributed by atoms with Gasteiger partial charge in [0.1, 0.15) is 0 Å². The Morgan fingerprint density at radius 2 is 2.29 bits per heavy atom. The molecule has 14 heavy (non-hydrogen) atoms. The fourth-order valence-corrected chi connectivity index (χ4v) is 1.26. The summed E-state index contributed by atoms with van der Waals surface area (Å²) >= 11 is 0. The van der Waals surface area contributed by atoms with Crippen molar-refractivity contribution in [3.8, 4) is 0 Å². The summed E-state index contributed by atoms with van der Waals surface area (Å²) in [5, 5.41) is 15.0. The van der Waals surface area contributed by atoms with Gasteiger partial charge in [-0.15, -0.1) is 0 Å². The normalized spacial score (nSPS) is 13.3. The molecule has 0 aromatic rings. The van der Waals surface area contributed by atoms with Crippen LogP contribution in [0.1, 0.15) is 19.8 Å². The van der Waals surface area contributed by atoms with Crippen molar-refractivity contribution < 1.29 is 5.11 Å². The molecule has 0 aliphatic heterocycles. The quantitative estimate of drug-likeness (QED) is 0.294. The summed E-state index contributed by atoms with van der Waals surface area (Å²) in [6.07, 6.45) is 7.91. The molecule has 0 fully saturated rings. The fraction of sp³-hybridized carbons (Fsp3) is 0.636. The second kappa shape index (κ2) is 10.4. The number of rotatable bonds is 9. The zero-order chi connectivity index (χ0) is 10.6. The van der Waals surface area contributed by atoms with Crippen molar-refractivity contribution in [1.82, 2.24) is 10.6 Å². The molecule has 0 amide bonds. The average Bonchev–Trinajstić information content (AvgIpc) is 2.18. The van der Waals surface area contributed by atoms with Gasteiger partial charge in [-0.25, -0.2) is 0 Å². The van der Waals surface area contributed by atoms with Gasteiger partial charge in [-0.3, -0.25) is 5.32 Å². The van der Waals surface area contributed by atoms with Crippen LogP contribution in [-0.4, -0.2) is 31.0 Å². The van der Waals surface area contributed by atoms with E-state index in [2.05, 4.69) is 24.1 Å². The van der Waals surface area contributed by atoms with E-state index in [9.17, 15) is 0 Å². The van der Waals surface area contributed by atoms with Crippen LogP contribution in [0.2, 0.25) is 0 Å². The van der Waals surface area contributed by atoms with E-state index in [4.69, 9.17) is 5.11 Å². The van der Waals surface area contributed by atoms with Crippen LogP contribution in [0, 0.1) is 0 Å². The standard InChI is InChI=1S/C11H22N2O/c1-3-5-6-8-12-9-11(7-4-2)13-10-14/h3,5-6,11-14H,1,4,7-10H2,2H3/b6-5+/t11-/m0/s1. The maximum Gasteiger partial charge on any atom is 0.0934 e. The van der Waals surface area contributed by atoms with Crippen LogP contribution in [0.5, 0.6) is 0 Å². The highest BCUT2D eigenvalue weighted by Crippen LogP contribution is 1.94. The summed E-state index contributed by atoms with van der Waals surface area (Å²) in [4.78, 5) is 0. The number of aliphatic hydroxyl groups is 1. The highest BCUT2D eigenvalue weighted by molar-refractivity contribution is 4.98. The molecule has 0 saturated heterocycles. The lowest BCUT2D eigenvalue weighted by atomic mass is 10.1. The Kier molecular flexibility index (Phi) is 9.96. The molecule has 0 saturated carbocycles. The second-order valence-electron chi connectivity index (χ2n) is 3.17. The van der Waals surface area contributed by atoms with Gasteiger partial charge in [0.05, 0.1) is 6.73 Å². The van der Waals surface area contributed by atoms with Gasteiger partial charge < -0.3 is 10.4 Å². The lowest BCUT2D eigenvalue weighted by Crippen LogP contribution is -2.39. The van der Waals surface area contributed by atoms with E-state index in [0.717, 1.165) is 25.9 Å². The highest BCUT2D eigenvalue weighted by atomic mass is 16.3. The van der Waals surface area contributed by atoms with Gasteiger partial charge in [-0.1, -0.05) is 38.2 Å². The third-order valence-electron chi connectivity index (χ3n) is 1.94. The first kappa shape index (κ1) is 13.4. The van der Waals surface area contributed by atoms with E-state index >= 15 is 0 Å². The van der Waals surface area contributed by atoms with E-state index in [1.807, 2.05) is 12.2 Å². The Morgan fingerprint density at radius 3 is 2.86 bits per heavy atom. The van der Waals surface area contributed by atoms with E-state index < -0.39 is 0 Å². The molecule has 0 radical (unpaired) electrons. The molecule has 1 atom stereocenters. The molecular formula is C11H22N2O. The zero-order valence-electron chi connectivity index (χ0n) is 9.00. The van der Waals surface area contributed by atoms with Gasteiger partial charge >= 0.3 is 0 Å². The third-order valence-corrected chi connectivity index (χ3v) is 1.94. The van der Waals surface area contributed by atoms with E-state index in [0.29, 0.717) is 6.04 Å². The molecule has 0 rings (SSSR count). The number of hydrogen-bond donors (Lipinski definition) is 3. The first-order valence-corrected chi connectivity index (χ1v) is 5.17. The third kappa shape index (κ3) is 7.98. The summed E-state index contributed by atoms with van der Waals surface area (Å²) in [5.41, 5.74) is 0. The van der Waals surface area contributed by atoms with Crippen molar-refractivity contribution >= 4 is 0 Å². The minimum absolute atomic E-state index is 0.0504. The first-order valence-electron chi connectivity index (χ1n) is 5.17. The van der Waals surface area contributed by atoms with Gasteiger partial charge in [0.25, 0.3) is 0 Å². The Hall–Kier alpha value is -0.640. The molecule has 0 spiro atoms. The lowest BCUT2D eigenvalue weighted by Gasteiger charge is -2.16. The minimum atomic E-state index is 0.0504. The Morgan fingerprint density at radius 1 is 1.50 bits per heavy atom. The van der Waals surface area contributed by atoms with Crippen molar-refractivity contribution in [2.45, 2.75) is 25.8 Å².